The van der Waals surface area contributed by atoms with E-state index in [1.807, 2.05) is 19.1 Å². The van der Waals surface area contributed by atoms with Crippen molar-refractivity contribution in [1.82, 2.24) is 4.57 Å². The minimum atomic E-state index is -3.64. The van der Waals surface area contributed by atoms with Crippen molar-refractivity contribution in [3.63, 3.8) is 0 Å². The zero-order valence-corrected chi connectivity index (χ0v) is 34.3. The van der Waals surface area contributed by atoms with Crippen LogP contribution in [-0.4, -0.2) is 41.9 Å². The molecule has 0 saturated carbocycles. The SMILES string of the molecule is CC(=O)CCC(=O)c1cc(Cl)ccc1OCc1ccc(F)cc1.Cc1ccc(-c2cc(Cl)ccc2OCc2ccc(F)cc2)n1-c1cc(NS(C)(=O)=O)cc(C(=O)O)c1. The Morgan fingerprint density at radius 1 is 0.729 bits per heavy atom. The molecular weight excluding hydrogens is 825 g/mol. The van der Waals surface area contributed by atoms with Crippen LogP contribution in [0.15, 0.2) is 115 Å². The van der Waals surface area contributed by atoms with E-state index in [9.17, 15) is 36.7 Å². The standard InChI is InChI=1S/C26H22ClFN2O5S.C18H16ClFO3/c1-16-3-9-24(30(16)22-12-18(26(31)32)11-21(14-22)29-36(2,33)34)23-13-19(27)6-10-25(23)35-15-17-4-7-20(28)8-5-17;1-12(21)2-8-17(22)16-10-14(19)5-9-18(16)23-11-13-3-6-15(20)7-4-13/h3-14,29H,15H2,1-2H3,(H,31,32);3-7,9-10H,2,8,11H2,1H3. The maximum absolute atomic E-state index is 13.3. The van der Waals surface area contributed by atoms with Gasteiger partial charge in [-0.3, -0.25) is 9.52 Å². The molecule has 0 bridgehead atoms. The second-order valence-corrected chi connectivity index (χ2v) is 16.0. The van der Waals surface area contributed by atoms with Crippen molar-refractivity contribution in [2.45, 2.75) is 39.9 Å². The molecule has 0 aliphatic heterocycles. The van der Waals surface area contributed by atoms with E-state index < -0.39 is 16.0 Å². The van der Waals surface area contributed by atoms with Crippen LogP contribution < -0.4 is 14.2 Å². The fourth-order valence-corrected chi connectivity index (χ4v) is 6.70. The van der Waals surface area contributed by atoms with Crippen molar-refractivity contribution in [3.05, 3.63) is 165 Å². The third-order valence-electron chi connectivity index (χ3n) is 8.58. The fraction of sp³-hybridized carbons (Fsp3) is 0.159. The van der Waals surface area contributed by atoms with Crippen LogP contribution in [0.1, 0.15) is 57.3 Å². The van der Waals surface area contributed by atoms with Crippen molar-refractivity contribution in [2.24, 2.45) is 0 Å². The molecule has 6 aromatic rings. The molecule has 0 amide bonds. The number of carboxylic acid groups (broad SMARTS) is 1. The van der Waals surface area contributed by atoms with Gasteiger partial charge in [0.2, 0.25) is 10.0 Å². The number of ketones is 2. The normalized spacial score (nSPS) is 11.0. The second-order valence-electron chi connectivity index (χ2n) is 13.4. The van der Waals surface area contributed by atoms with Crippen molar-refractivity contribution in [1.29, 1.82) is 0 Å². The van der Waals surface area contributed by atoms with Crippen molar-refractivity contribution < 1.29 is 46.2 Å². The number of carboxylic acids is 1. The molecule has 0 saturated heterocycles. The number of aromatic carboxylic acids is 1. The Morgan fingerprint density at radius 2 is 1.29 bits per heavy atom. The maximum atomic E-state index is 13.3. The van der Waals surface area contributed by atoms with Gasteiger partial charge in [-0.05, 0) is 116 Å². The Kier molecular flexibility index (Phi) is 14.7. The monoisotopic (exact) mass is 862 g/mol. The first-order valence-electron chi connectivity index (χ1n) is 17.9. The average Bonchev–Trinajstić information content (AvgIpc) is 3.57. The fourth-order valence-electron chi connectivity index (χ4n) is 5.81. The highest BCUT2D eigenvalue weighted by Gasteiger charge is 2.19. The van der Waals surface area contributed by atoms with E-state index in [0.29, 0.717) is 44.1 Å². The van der Waals surface area contributed by atoms with Gasteiger partial charge >= 0.3 is 5.97 Å². The molecule has 0 radical (unpaired) electrons. The number of aromatic nitrogens is 1. The Bertz CT molecular complexity index is 2600. The first-order chi connectivity index (χ1) is 27.9. The number of sulfonamides is 1. The topological polar surface area (TPSA) is 141 Å². The molecule has 0 spiro atoms. The summed E-state index contributed by atoms with van der Waals surface area (Å²) in [5.41, 5.74) is 4.42. The van der Waals surface area contributed by atoms with E-state index in [2.05, 4.69) is 4.72 Å². The van der Waals surface area contributed by atoms with Gasteiger partial charge in [-0.25, -0.2) is 22.0 Å². The first-order valence-corrected chi connectivity index (χ1v) is 20.5. The summed E-state index contributed by atoms with van der Waals surface area (Å²) in [6.45, 7) is 3.67. The minimum Gasteiger partial charge on any atom is -0.488 e. The second kappa shape index (κ2) is 19.6. The van der Waals surface area contributed by atoms with Gasteiger partial charge in [0.25, 0.3) is 0 Å². The van der Waals surface area contributed by atoms with E-state index in [0.717, 1.165) is 23.1 Å². The van der Waals surface area contributed by atoms with Crippen LogP contribution in [0.4, 0.5) is 14.5 Å². The number of Topliss-reactive ketones (excluding diaryl/α,β-unsaturated/α-hetero) is 2. The number of carbonyl (C=O) groups is 3. The van der Waals surface area contributed by atoms with E-state index in [1.165, 1.54) is 49.4 Å². The van der Waals surface area contributed by atoms with Gasteiger partial charge in [0.1, 0.15) is 42.1 Å². The van der Waals surface area contributed by atoms with E-state index >= 15 is 0 Å². The molecule has 10 nitrogen and oxygen atoms in total. The number of ether oxygens (including phenoxy) is 2. The number of carbonyl (C=O) groups excluding carboxylic acids is 2. The smallest absolute Gasteiger partial charge is 0.335 e. The molecule has 2 N–H and O–H groups in total. The largest absolute Gasteiger partial charge is 0.488 e. The molecule has 6 rings (SSSR count). The molecule has 0 atom stereocenters. The summed E-state index contributed by atoms with van der Waals surface area (Å²) >= 11 is 12.3. The third kappa shape index (κ3) is 12.7. The quantitative estimate of drug-likeness (QED) is 0.0973. The zero-order valence-electron chi connectivity index (χ0n) is 32.0. The maximum Gasteiger partial charge on any atom is 0.335 e. The van der Waals surface area contributed by atoms with Gasteiger partial charge in [0.05, 0.1) is 28.8 Å². The van der Waals surface area contributed by atoms with Gasteiger partial charge in [-0.1, -0.05) is 47.5 Å². The van der Waals surface area contributed by atoms with E-state index in [-0.39, 0.29) is 60.5 Å². The van der Waals surface area contributed by atoms with E-state index in [1.54, 1.807) is 65.2 Å². The van der Waals surface area contributed by atoms with Crippen LogP contribution in [0.2, 0.25) is 10.0 Å². The van der Waals surface area contributed by atoms with Crippen LogP contribution in [0.5, 0.6) is 11.5 Å². The number of hydrogen-bond acceptors (Lipinski definition) is 7. The van der Waals surface area contributed by atoms with E-state index in [4.69, 9.17) is 32.7 Å². The molecule has 0 unspecified atom stereocenters. The number of nitrogens with one attached hydrogen (secondary N) is 1. The summed E-state index contributed by atoms with van der Waals surface area (Å²) in [6, 6.07) is 29.7. The molecule has 1 heterocycles. The Labute approximate surface area is 350 Å². The number of anilines is 1. The van der Waals surface area contributed by atoms with Crippen LogP contribution in [0.25, 0.3) is 16.9 Å². The summed E-state index contributed by atoms with van der Waals surface area (Å²) < 4.78 is 65.6. The number of aryl methyl sites for hydroxylation is 1. The lowest BCUT2D eigenvalue weighted by atomic mass is 10.0. The lowest BCUT2D eigenvalue weighted by Gasteiger charge is -2.17. The Morgan fingerprint density at radius 3 is 1.85 bits per heavy atom. The predicted octanol–water partition coefficient (Wildman–Crippen LogP) is 10.5. The number of benzene rings is 5. The summed E-state index contributed by atoms with van der Waals surface area (Å²) in [4.78, 5) is 35.0. The summed E-state index contributed by atoms with van der Waals surface area (Å²) in [5.74, 6) is -1.20. The van der Waals surface area contributed by atoms with Gasteiger partial charge in [0.15, 0.2) is 5.78 Å². The van der Waals surface area contributed by atoms with Gasteiger partial charge < -0.3 is 23.9 Å². The summed E-state index contributed by atoms with van der Waals surface area (Å²) in [6.07, 6.45) is 1.29. The summed E-state index contributed by atoms with van der Waals surface area (Å²) in [5, 5.41) is 10.5. The van der Waals surface area contributed by atoms with Crippen LogP contribution in [0.3, 0.4) is 0 Å². The third-order valence-corrected chi connectivity index (χ3v) is 9.66. The van der Waals surface area contributed by atoms with Crippen LogP contribution in [0, 0.1) is 18.6 Å². The molecule has 306 valence electrons. The molecular formula is C44H38Cl2F2N2O8S. The van der Waals surface area contributed by atoms with Crippen molar-refractivity contribution in [2.75, 3.05) is 11.0 Å². The van der Waals surface area contributed by atoms with Gasteiger partial charge in [-0.15, -0.1) is 0 Å². The molecule has 5 aromatic carbocycles. The Balaban J connectivity index is 0.000000248. The highest BCUT2D eigenvalue weighted by Crippen LogP contribution is 2.37. The number of rotatable bonds is 15. The van der Waals surface area contributed by atoms with Crippen molar-refractivity contribution in [3.8, 4) is 28.4 Å². The highest BCUT2D eigenvalue weighted by atomic mass is 35.5. The molecule has 0 fully saturated rings. The zero-order chi connectivity index (χ0) is 42.9. The number of nitrogens with zero attached hydrogens (tertiary/aromatic N) is 1. The predicted molar refractivity (Wildman–Crippen MR) is 224 cm³/mol. The number of hydrogen-bond donors (Lipinski definition) is 2. The van der Waals surface area contributed by atoms with Crippen molar-refractivity contribution >= 4 is 56.4 Å². The molecule has 59 heavy (non-hydrogen) atoms. The van der Waals surface area contributed by atoms with Gasteiger partial charge in [0, 0.05) is 39.8 Å². The highest BCUT2D eigenvalue weighted by molar-refractivity contribution is 7.92. The molecule has 0 aliphatic rings. The lowest BCUT2D eigenvalue weighted by Crippen LogP contribution is -2.11. The average molecular weight is 864 g/mol. The van der Waals surface area contributed by atoms with Crippen LogP contribution >= 0.6 is 23.2 Å². The molecule has 1 aromatic heterocycles. The summed E-state index contributed by atoms with van der Waals surface area (Å²) in [7, 11) is -3.64. The minimum absolute atomic E-state index is 0.0471. The lowest BCUT2D eigenvalue weighted by molar-refractivity contribution is -0.117. The molecule has 15 heteroatoms. The number of halogens is 4. The van der Waals surface area contributed by atoms with Crippen LogP contribution in [-0.2, 0) is 28.0 Å². The first kappa shape index (κ1) is 44.1. The Hall–Kier alpha value is -6.02. The van der Waals surface area contributed by atoms with Gasteiger partial charge in [-0.2, -0.15) is 0 Å². The molecule has 0 aliphatic carbocycles.